The largest absolute Gasteiger partial charge is 0.493 e. The molecule has 0 aromatic heterocycles. The third-order valence-electron chi connectivity index (χ3n) is 3.28. The average molecular weight is 301 g/mol. The van der Waals surface area contributed by atoms with Crippen LogP contribution in [0.4, 0.5) is 0 Å². The molecule has 1 N–H and O–H groups in total. The number of nitrogens with one attached hydrogen (secondary N) is 1. The summed E-state index contributed by atoms with van der Waals surface area (Å²) >= 11 is 4.06. The zero-order chi connectivity index (χ0) is 14.9. The van der Waals surface area contributed by atoms with Crippen LogP contribution in [-0.2, 0) is 16.1 Å². The molecule has 1 aromatic rings. The third kappa shape index (κ3) is 4.62. The van der Waals surface area contributed by atoms with Gasteiger partial charge in [0.2, 0.25) is 0 Å². The number of carbonyl (C=O) groups is 1. The molecule has 3 nitrogen and oxygen atoms in total. The fourth-order valence-electron chi connectivity index (χ4n) is 2.24. The van der Waals surface area contributed by atoms with E-state index in [4.69, 9.17) is 4.74 Å². The predicted octanol–water partition coefficient (Wildman–Crippen LogP) is 3.45. The predicted molar refractivity (Wildman–Crippen MR) is 88.7 cm³/mol. The van der Waals surface area contributed by atoms with Crippen molar-refractivity contribution in [2.75, 3.05) is 6.61 Å². The third-order valence-corrected chi connectivity index (χ3v) is 3.44. The van der Waals surface area contributed by atoms with Gasteiger partial charge in [-0.1, -0.05) is 49.2 Å². The number of hydrogen-bond donors (Lipinski definition) is 2. The number of benzene rings is 1. The highest BCUT2D eigenvalue weighted by atomic mass is 32.1. The van der Waals surface area contributed by atoms with Gasteiger partial charge in [-0.25, -0.2) is 0 Å². The second-order valence-corrected chi connectivity index (χ2v) is 5.02. The smallest absolute Gasteiger partial charge is 0.142 e. The van der Waals surface area contributed by atoms with Crippen LogP contribution >= 0.6 is 12.8 Å². The summed E-state index contributed by atoms with van der Waals surface area (Å²) in [5, 5.41) is 0. The van der Waals surface area contributed by atoms with Gasteiger partial charge in [0.1, 0.15) is 12.0 Å². The molecule has 1 aliphatic rings. The Balaban J connectivity index is 2.24. The highest BCUT2D eigenvalue weighted by molar-refractivity contribution is 7.78. The lowest BCUT2D eigenvalue weighted by atomic mass is 10.0. The topological polar surface area (TPSA) is 38.3 Å². The molecule has 0 fully saturated rings. The summed E-state index contributed by atoms with van der Waals surface area (Å²) in [4.78, 5) is 10.5. The molecule has 1 heterocycles. The van der Waals surface area contributed by atoms with E-state index >= 15 is 0 Å². The molecule has 110 valence electrons. The first-order valence-corrected chi connectivity index (χ1v) is 7.40. The minimum Gasteiger partial charge on any atom is -0.493 e. The molecule has 0 atom stereocenters. The molecule has 0 saturated heterocycles. The number of aldehydes is 1. The first-order valence-electron chi connectivity index (χ1n) is 6.96. The van der Waals surface area contributed by atoms with Gasteiger partial charge in [0.15, 0.2) is 0 Å². The van der Waals surface area contributed by atoms with Gasteiger partial charge < -0.3 is 4.74 Å². The highest BCUT2D eigenvalue weighted by Gasteiger charge is 2.09. The molecule has 0 radical (unpaired) electrons. The van der Waals surface area contributed by atoms with E-state index in [-0.39, 0.29) is 0 Å². The highest BCUT2D eigenvalue weighted by Crippen LogP contribution is 2.23. The summed E-state index contributed by atoms with van der Waals surface area (Å²) in [5.74, 6) is 0.786. The minimum absolute atomic E-state index is 0.704. The number of carbonyl (C=O) groups excluding carboxylic acids is 1. The van der Waals surface area contributed by atoms with Crippen molar-refractivity contribution in [1.82, 2.24) is 4.72 Å². The molecule has 0 unspecified atom stereocenters. The Bertz CT molecular complexity index is 576. The summed E-state index contributed by atoms with van der Waals surface area (Å²) in [6, 6.07) is 8.17. The van der Waals surface area contributed by atoms with E-state index in [2.05, 4.69) is 41.8 Å². The van der Waals surface area contributed by atoms with Gasteiger partial charge in [-0.05, 0) is 41.7 Å². The molecule has 4 heteroatoms. The van der Waals surface area contributed by atoms with Gasteiger partial charge >= 0.3 is 0 Å². The van der Waals surface area contributed by atoms with E-state index in [1.54, 1.807) is 6.08 Å². The van der Waals surface area contributed by atoms with E-state index in [0.29, 0.717) is 13.2 Å². The van der Waals surface area contributed by atoms with Crippen LogP contribution in [0.15, 0.2) is 53.8 Å². The molecule has 21 heavy (non-hydrogen) atoms. The Kier molecular flexibility index (Phi) is 6.31. The van der Waals surface area contributed by atoms with Gasteiger partial charge in [0.25, 0.3) is 0 Å². The molecular weight excluding hydrogens is 282 g/mol. The van der Waals surface area contributed by atoms with Gasteiger partial charge in [0.05, 0.1) is 6.61 Å². The molecule has 2 rings (SSSR count). The fraction of sp³-hybridized carbons (Fsp3) is 0.235. The number of allylic oxidation sites excluding steroid dienone is 4. The Morgan fingerprint density at radius 1 is 1.24 bits per heavy atom. The zero-order valence-corrected chi connectivity index (χ0v) is 12.7. The molecule has 1 aliphatic heterocycles. The van der Waals surface area contributed by atoms with Crippen LogP contribution in [0.5, 0.6) is 0 Å². The summed E-state index contributed by atoms with van der Waals surface area (Å²) in [5.41, 5.74) is 3.45. The second-order valence-electron chi connectivity index (χ2n) is 4.70. The van der Waals surface area contributed by atoms with Gasteiger partial charge in [-0.3, -0.25) is 9.52 Å². The Hall–Kier alpha value is -1.78. The van der Waals surface area contributed by atoms with Crippen LogP contribution in [0, 0.1) is 0 Å². The fourth-order valence-corrected chi connectivity index (χ4v) is 2.41. The monoisotopic (exact) mass is 301 g/mol. The van der Waals surface area contributed by atoms with Crippen molar-refractivity contribution in [3.8, 4) is 0 Å². The lowest BCUT2D eigenvalue weighted by molar-refractivity contribution is -0.104. The summed E-state index contributed by atoms with van der Waals surface area (Å²) in [6.45, 7) is 1.41. The maximum atomic E-state index is 10.5. The van der Waals surface area contributed by atoms with Crippen molar-refractivity contribution in [2.45, 2.75) is 19.4 Å². The maximum absolute atomic E-state index is 10.5. The first-order chi connectivity index (χ1) is 10.3. The van der Waals surface area contributed by atoms with Gasteiger partial charge in [0, 0.05) is 6.54 Å². The van der Waals surface area contributed by atoms with E-state index in [1.165, 1.54) is 11.6 Å². The van der Waals surface area contributed by atoms with E-state index in [9.17, 15) is 4.79 Å². The van der Waals surface area contributed by atoms with Crippen LogP contribution in [0.1, 0.15) is 24.0 Å². The standard InChI is InChI=1S/C17H19NO2S/c19-11-3-8-17-15(7-4-12-20-17)10-9-14-5-1-2-6-16(14)13-18-21/h1-3,5-6,8-11,18,21H,4,7,12-13H2/b8-3+,10-9+. The van der Waals surface area contributed by atoms with Crippen molar-refractivity contribution in [1.29, 1.82) is 0 Å². The number of hydrogen-bond acceptors (Lipinski definition) is 4. The lowest BCUT2D eigenvalue weighted by Gasteiger charge is -2.17. The molecule has 1 aromatic carbocycles. The first kappa shape index (κ1) is 15.6. The second kappa shape index (κ2) is 8.49. The van der Waals surface area contributed by atoms with Crippen molar-refractivity contribution in [3.05, 3.63) is 65.0 Å². The SMILES string of the molecule is O=C/C=C/C1=C(/C=C/c2ccccc2CNS)CCCO1. The summed E-state index contributed by atoms with van der Waals surface area (Å²) < 4.78 is 8.49. The van der Waals surface area contributed by atoms with Gasteiger partial charge in [-0.2, -0.15) is 0 Å². The van der Waals surface area contributed by atoms with Gasteiger partial charge in [-0.15, -0.1) is 0 Å². The molecular formula is C17H19NO2S. The Morgan fingerprint density at radius 3 is 2.90 bits per heavy atom. The number of thiol groups is 1. The minimum atomic E-state index is 0.704. The number of rotatable bonds is 6. The quantitative estimate of drug-likeness (QED) is 0.480. The van der Waals surface area contributed by atoms with Crippen LogP contribution in [0.2, 0.25) is 0 Å². The van der Waals surface area contributed by atoms with Crippen molar-refractivity contribution in [2.24, 2.45) is 0 Å². The van der Waals surface area contributed by atoms with Crippen LogP contribution in [0.25, 0.3) is 6.08 Å². The number of ether oxygens (including phenoxy) is 1. The molecule has 0 bridgehead atoms. The van der Waals surface area contributed by atoms with Crippen molar-refractivity contribution in [3.63, 3.8) is 0 Å². The van der Waals surface area contributed by atoms with Crippen LogP contribution in [-0.4, -0.2) is 12.9 Å². The molecule has 0 aliphatic carbocycles. The van der Waals surface area contributed by atoms with Crippen LogP contribution < -0.4 is 4.72 Å². The maximum Gasteiger partial charge on any atom is 0.142 e. The molecule has 0 amide bonds. The van der Waals surface area contributed by atoms with E-state index in [0.717, 1.165) is 36.0 Å². The van der Waals surface area contributed by atoms with Crippen LogP contribution in [0.3, 0.4) is 0 Å². The Morgan fingerprint density at radius 2 is 2.10 bits per heavy atom. The summed E-state index contributed by atoms with van der Waals surface area (Å²) in [7, 11) is 0. The Labute approximate surface area is 130 Å². The molecule has 0 spiro atoms. The lowest BCUT2D eigenvalue weighted by Crippen LogP contribution is -2.04. The van der Waals surface area contributed by atoms with E-state index in [1.807, 2.05) is 12.1 Å². The van der Waals surface area contributed by atoms with E-state index < -0.39 is 0 Å². The average Bonchev–Trinajstić information content (AvgIpc) is 2.53. The zero-order valence-electron chi connectivity index (χ0n) is 11.8. The normalized spacial score (nSPS) is 15.7. The molecule has 0 saturated carbocycles. The van der Waals surface area contributed by atoms with Crippen molar-refractivity contribution < 1.29 is 9.53 Å². The summed E-state index contributed by atoms with van der Waals surface area (Å²) in [6.07, 6.45) is 10.1. The van der Waals surface area contributed by atoms with Crippen molar-refractivity contribution >= 4 is 25.2 Å².